The zero-order valence-corrected chi connectivity index (χ0v) is 22.3. The van der Waals surface area contributed by atoms with Gasteiger partial charge in [-0.15, -0.1) is 0 Å². The van der Waals surface area contributed by atoms with Crippen LogP contribution >= 0.6 is 7.75 Å². The molecule has 0 saturated heterocycles. The van der Waals surface area contributed by atoms with Gasteiger partial charge in [0.1, 0.15) is 11.8 Å². The van der Waals surface area contributed by atoms with Crippen LogP contribution in [-0.4, -0.2) is 41.2 Å². The van der Waals surface area contributed by atoms with Crippen molar-refractivity contribution in [3.63, 3.8) is 0 Å². The molecule has 2 aromatic rings. The summed E-state index contributed by atoms with van der Waals surface area (Å²) in [5.41, 5.74) is 0.436. The molecule has 2 N–H and O–H groups in total. The summed E-state index contributed by atoms with van der Waals surface area (Å²) in [7, 11) is -4.44. The average Bonchev–Trinajstić information content (AvgIpc) is 2.89. The molecule has 0 aromatic heterocycles. The van der Waals surface area contributed by atoms with Crippen LogP contribution in [0.3, 0.4) is 0 Å². The number of benzene rings is 2. The van der Waals surface area contributed by atoms with Gasteiger partial charge in [0, 0.05) is 12.1 Å². The Morgan fingerprint density at radius 1 is 1.00 bits per heavy atom. The summed E-state index contributed by atoms with van der Waals surface area (Å²) >= 11 is 0. The fourth-order valence-electron chi connectivity index (χ4n) is 3.51. The van der Waals surface area contributed by atoms with Gasteiger partial charge in [0.2, 0.25) is 0 Å². The summed E-state index contributed by atoms with van der Waals surface area (Å²) in [6.07, 6.45) is 7.30. The Bertz CT molecular complexity index is 1060. The van der Waals surface area contributed by atoms with Crippen molar-refractivity contribution in [2.75, 3.05) is 13.2 Å². The van der Waals surface area contributed by atoms with E-state index in [9.17, 15) is 29.4 Å². The number of carboxylic acid groups (broad SMARTS) is 1. The Labute approximate surface area is 222 Å². The Hall–Kier alpha value is -3.27. The third-order valence-corrected chi connectivity index (χ3v) is 7.08. The Kier molecular flexibility index (Phi) is 13.5. The summed E-state index contributed by atoms with van der Waals surface area (Å²) < 4.78 is 29.4. The number of hydrogen-bond donors (Lipinski definition) is 2. The summed E-state index contributed by atoms with van der Waals surface area (Å²) in [5, 5.41) is 23.0. The van der Waals surface area contributed by atoms with Crippen LogP contribution in [0.4, 0.5) is 5.69 Å². The number of hydrogen-bond acceptors (Lipinski definition) is 8. The topological polar surface area (TPSA) is 154 Å². The first-order valence-electron chi connectivity index (χ1n) is 12.6. The highest BCUT2D eigenvalue weighted by atomic mass is 31.2. The molecule has 0 bridgehead atoms. The zero-order chi connectivity index (χ0) is 27.8. The minimum absolute atomic E-state index is 0.0458. The summed E-state index contributed by atoms with van der Waals surface area (Å²) in [5.74, 6) is -2.17. The second-order valence-corrected chi connectivity index (χ2v) is 10.4. The third kappa shape index (κ3) is 11.9. The van der Waals surface area contributed by atoms with E-state index < -0.39 is 37.3 Å². The monoisotopic (exact) mass is 550 g/mol. The van der Waals surface area contributed by atoms with Crippen molar-refractivity contribution in [2.24, 2.45) is 0 Å². The quantitative estimate of drug-likeness (QED) is 0.0734. The molecule has 11 nitrogen and oxygen atoms in total. The largest absolute Gasteiger partial charge is 0.480 e. The van der Waals surface area contributed by atoms with E-state index in [-0.39, 0.29) is 24.5 Å². The van der Waals surface area contributed by atoms with Crippen LogP contribution in [-0.2, 0) is 29.8 Å². The van der Waals surface area contributed by atoms with Gasteiger partial charge in [0.05, 0.1) is 11.5 Å². The lowest BCUT2D eigenvalue weighted by Gasteiger charge is -2.23. The van der Waals surface area contributed by atoms with Crippen LogP contribution in [0.5, 0.6) is 5.75 Å². The first-order valence-corrected chi connectivity index (χ1v) is 14.2. The predicted molar refractivity (Wildman–Crippen MR) is 141 cm³/mol. The minimum Gasteiger partial charge on any atom is -0.480 e. The molecule has 12 heteroatoms. The number of unbranched alkanes of at least 4 members (excludes halogenated alkanes) is 6. The molecule has 2 rings (SSSR count). The number of nitrogens with zero attached hydrogens (tertiary/aromatic N) is 1. The van der Waals surface area contributed by atoms with Gasteiger partial charge in [-0.05, 0) is 30.5 Å². The van der Waals surface area contributed by atoms with E-state index in [0.717, 1.165) is 31.4 Å². The van der Waals surface area contributed by atoms with Gasteiger partial charge in [-0.25, -0.2) is 9.36 Å². The van der Waals surface area contributed by atoms with E-state index in [1.54, 1.807) is 30.3 Å². The van der Waals surface area contributed by atoms with Crippen molar-refractivity contribution >= 4 is 25.4 Å². The Balaban J connectivity index is 2.01. The number of nitrogens with one attached hydrogen (secondary N) is 1. The van der Waals surface area contributed by atoms with E-state index in [1.165, 1.54) is 31.4 Å². The lowest BCUT2D eigenvalue weighted by molar-refractivity contribution is -0.384. The highest BCUT2D eigenvalue weighted by Crippen LogP contribution is 2.45. The fraction of sp³-hybridized carbons (Fsp3) is 0.462. The molecule has 0 aliphatic heterocycles. The van der Waals surface area contributed by atoms with Gasteiger partial charge >= 0.3 is 19.7 Å². The molecule has 208 valence electrons. The second kappa shape index (κ2) is 16.5. The predicted octanol–water partition coefficient (Wildman–Crippen LogP) is 5.68. The number of rotatable bonds is 19. The lowest BCUT2D eigenvalue weighted by atomic mass is 10.1. The maximum atomic E-state index is 13.6. The standard InChI is InChI=1S/C26H35N2O9P/c1-2-3-4-5-6-7-11-18-35-25(29)20-36-38(34,37-23-16-14-22(15-17-23)28(32)33)27-24(26(30)31)19-21-12-9-8-10-13-21/h8-10,12-17,24H,2-7,11,18-20H2,1H3,(H,27,34)(H,30,31)/t24-,38?/m0/s1. The van der Waals surface area contributed by atoms with Crippen molar-refractivity contribution in [3.8, 4) is 5.75 Å². The Morgan fingerprint density at radius 2 is 1.63 bits per heavy atom. The van der Waals surface area contributed by atoms with E-state index in [1.807, 2.05) is 0 Å². The summed E-state index contributed by atoms with van der Waals surface area (Å²) in [6.45, 7) is 1.59. The highest BCUT2D eigenvalue weighted by molar-refractivity contribution is 7.52. The summed E-state index contributed by atoms with van der Waals surface area (Å²) in [6, 6.07) is 11.9. The van der Waals surface area contributed by atoms with Gasteiger partial charge in [-0.3, -0.25) is 19.4 Å². The number of carboxylic acids is 1. The molecule has 0 saturated carbocycles. The van der Waals surface area contributed by atoms with Crippen molar-refractivity contribution in [2.45, 2.75) is 64.3 Å². The molecule has 0 fully saturated rings. The van der Waals surface area contributed by atoms with Gasteiger partial charge in [-0.1, -0.05) is 75.8 Å². The maximum absolute atomic E-state index is 13.6. The highest BCUT2D eigenvalue weighted by Gasteiger charge is 2.35. The molecule has 0 radical (unpaired) electrons. The zero-order valence-electron chi connectivity index (χ0n) is 21.5. The number of nitro groups is 1. The Morgan fingerprint density at radius 3 is 2.24 bits per heavy atom. The van der Waals surface area contributed by atoms with Crippen molar-refractivity contribution in [3.05, 3.63) is 70.3 Å². The van der Waals surface area contributed by atoms with Crippen LogP contribution < -0.4 is 9.61 Å². The molecular formula is C26H35N2O9P. The summed E-state index contributed by atoms with van der Waals surface area (Å²) in [4.78, 5) is 34.4. The molecule has 1 unspecified atom stereocenters. The minimum atomic E-state index is -4.44. The van der Waals surface area contributed by atoms with Crippen molar-refractivity contribution in [1.82, 2.24) is 5.09 Å². The SMILES string of the molecule is CCCCCCCCCOC(=O)COP(=O)(N[C@@H](Cc1ccccc1)C(=O)O)Oc1ccc([N+](=O)[O-])cc1. The number of ether oxygens (including phenoxy) is 1. The van der Waals surface area contributed by atoms with E-state index in [4.69, 9.17) is 13.8 Å². The number of nitro benzene ring substituents is 1. The average molecular weight is 551 g/mol. The molecule has 2 aromatic carbocycles. The van der Waals surface area contributed by atoms with Gasteiger partial charge in [0.15, 0.2) is 6.61 Å². The number of esters is 1. The fourth-order valence-corrected chi connectivity index (χ4v) is 4.95. The third-order valence-electron chi connectivity index (χ3n) is 5.53. The molecule has 2 atom stereocenters. The van der Waals surface area contributed by atoms with Crippen LogP contribution in [0.15, 0.2) is 54.6 Å². The van der Waals surface area contributed by atoms with Gasteiger partial charge < -0.3 is 14.4 Å². The number of aliphatic carboxylic acids is 1. The maximum Gasteiger partial charge on any atom is 0.460 e. The molecule has 0 heterocycles. The van der Waals surface area contributed by atoms with E-state index in [2.05, 4.69) is 12.0 Å². The molecule has 0 aliphatic rings. The normalized spacial score (nSPS) is 13.3. The molecule has 0 aliphatic carbocycles. The van der Waals surface area contributed by atoms with Gasteiger partial charge in [0.25, 0.3) is 5.69 Å². The number of carbonyl (C=O) groups excluding carboxylic acids is 1. The van der Waals surface area contributed by atoms with Crippen LogP contribution in [0.1, 0.15) is 57.4 Å². The van der Waals surface area contributed by atoms with E-state index in [0.29, 0.717) is 12.0 Å². The van der Waals surface area contributed by atoms with Crippen molar-refractivity contribution < 1.29 is 38.0 Å². The number of non-ortho nitro benzene ring substituents is 1. The molecule has 38 heavy (non-hydrogen) atoms. The van der Waals surface area contributed by atoms with Crippen LogP contribution in [0, 0.1) is 10.1 Å². The smallest absolute Gasteiger partial charge is 0.460 e. The van der Waals surface area contributed by atoms with Crippen LogP contribution in [0.25, 0.3) is 0 Å². The van der Waals surface area contributed by atoms with Crippen LogP contribution in [0.2, 0.25) is 0 Å². The number of carbonyl (C=O) groups is 2. The molecule has 0 spiro atoms. The molecular weight excluding hydrogens is 515 g/mol. The van der Waals surface area contributed by atoms with Crippen molar-refractivity contribution in [1.29, 1.82) is 0 Å². The first kappa shape index (κ1) is 31.0. The first-order chi connectivity index (χ1) is 18.2. The molecule has 0 amide bonds. The second-order valence-electron chi connectivity index (χ2n) is 8.66. The van der Waals surface area contributed by atoms with E-state index >= 15 is 0 Å². The van der Waals surface area contributed by atoms with Gasteiger partial charge in [-0.2, -0.15) is 5.09 Å². The lowest BCUT2D eigenvalue weighted by Crippen LogP contribution is -2.38.